The van der Waals surface area contributed by atoms with Gasteiger partial charge in [-0.05, 0) is 73.7 Å². The van der Waals surface area contributed by atoms with Gasteiger partial charge in [-0.3, -0.25) is 4.79 Å². The molecule has 1 aromatic heterocycles. The molecule has 0 radical (unpaired) electrons. The van der Waals surface area contributed by atoms with Crippen LogP contribution in [-0.4, -0.2) is 45.6 Å². The van der Waals surface area contributed by atoms with Gasteiger partial charge in [0.1, 0.15) is 24.2 Å². The maximum atomic E-state index is 14.2. The molecule has 0 aliphatic heterocycles. The predicted octanol–water partition coefficient (Wildman–Crippen LogP) is 6.01. The van der Waals surface area contributed by atoms with Crippen molar-refractivity contribution in [3.63, 3.8) is 0 Å². The topological polar surface area (TPSA) is 71.8 Å². The van der Waals surface area contributed by atoms with Crippen molar-refractivity contribution in [2.24, 2.45) is 0 Å². The molecule has 204 valence electrons. The number of carbonyl (C=O) groups is 2. The average Bonchev–Trinajstić information content (AvgIpc) is 3.19. The number of amides is 1. The number of carbonyl (C=O) groups excluding carboxylic acids is 1. The minimum atomic E-state index is -4.43. The van der Waals surface area contributed by atoms with Crippen molar-refractivity contribution < 1.29 is 37.0 Å². The van der Waals surface area contributed by atoms with Crippen LogP contribution in [0.2, 0.25) is 0 Å². The number of alkyl halides is 3. The van der Waals surface area contributed by atoms with E-state index in [0.717, 1.165) is 23.4 Å². The lowest BCUT2D eigenvalue weighted by atomic mass is 9.90. The number of hydrogen-bond donors (Lipinski definition) is 1. The van der Waals surface area contributed by atoms with Crippen molar-refractivity contribution in [2.45, 2.75) is 64.2 Å². The minimum absolute atomic E-state index is 0.0910. The highest BCUT2D eigenvalue weighted by molar-refractivity contribution is 5.88. The van der Waals surface area contributed by atoms with Crippen LogP contribution in [0.4, 0.5) is 17.6 Å². The lowest BCUT2D eigenvalue weighted by Gasteiger charge is -2.35. The number of halogens is 4. The van der Waals surface area contributed by atoms with Crippen LogP contribution in [0, 0.1) is 5.82 Å². The average molecular weight is 535 g/mol. The van der Waals surface area contributed by atoms with Gasteiger partial charge in [-0.1, -0.05) is 13.8 Å². The molecule has 1 N–H and O–H groups in total. The van der Waals surface area contributed by atoms with Crippen LogP contribution in [0.5, 0.6) is 5.75 Å². The summed E-state index contributed by atoms with van der Waals surface area (Å²) in [6.07, 6.45) is -2.26. The SMILES string of the molecule is CCC(=O)N(CCOc1ccc(C(F)(F)F)cc1)C1CCc2c(c3cc(F)ccc3n2C(CC)C(=O)O)C1. The first kappa shape index (κ1) is 27.5. The fourth-order valence-electron chi connectivity index (χ4n) is 5.35. The Morgan fingerprint density at radius 3 is 2.47 bits per heavy atom. The third kappa shape index (κ3) is 5.49. The third-order valence-electron chi connectivity index (χ3n) is 7.17. The normalized spacial score (nSPS) is 16.2. The van der Waals surface area contributed by atoms with E-state index in [1.54, 1.807) is 29.4 Å². The molecule has 2 aromatic carbocycles. The van der Waals surface area contributed by atoms with Crippen LogP contribution in [0.1, 0.15) is 56.0 Å². The van der Waals surface area contributed by atoms with Gasteiger partial charge in [0.05, 0.1) is 12.1 Å². The zero-order valence-corrected chi connectivity index (χ0v) is 21.2. The van der Waals surface area contributed by atoms with Gasteiger partial charge in [-0.2, -0.15) is 13.2 Å². The zero-order chi connectivity index (χ0) is 27.6. The summed E-state index contributed by atoms with van der Waals surface area (Å²) in [6, 6.07) is 7.74. The Morgan fingerprint density at radius 2 is 1.87 bits per heavy atom. The highest BCUT2D eigenvalue weighted by Crippen LogP contribution is 2.37. The van der Waals surface area contributed by atoms with Crippen molar-refractivity contribution in [3.05, 3.63) is 65.1 Å². The van der Waals surface area contributed by atoms with Gasteiger partial charge in [-0.15, -0.1) is 0 Å². The molecule has 38 heavy (non-hydrogen) atoms. The second kappa shape index (κ2) is 11.0. The van der Waals surface area contributed by atoms with Crippen LogP contribution in [0.15, 0.2) is 42.5 Å². The molecule has 6 nitrogen and oxygen atoms in total. The summed E-state index contributed by atoms with van der Waals surface area (Å²) in [5, 5.41) is 10.5. The van der Waals surface area contributed by atoms with E-state index in [1.165, 1.54) is 24.3 Å². The van der Waals surface area contributed by atoms with E-state index in [9.17, 15) is 32.3 Å². The molecule has 2 atom stereocenters. The van der Waals surface area contributed by atoms with Gasteiger partial charge in [-0.25, -0.2) is 9.18 Å². The van der Waals surface area contributed by atoms with Crippen LogP contribution in [-0.2, 0) is 28.6 Å². The smallest absolute Gasteiger partial charge is 0.416 e. The Bertz CT molecular complexity index is 1320. The molecule has 2 unspecified atom stereocenters. The van der Waals surface area contributed by atoms with Crippen molar-refractivity contribution >= 4 is 22.8 Å². The second-order valence-electron chi connectivity index (χ2n) is 9.43. The highest BCUT2D eigenvalue weighted by Gasteiger charge is 2.34. The van der Waals surface area contributed by atoms with E-state index in [4.69, 9.17) is 4.74 Å². The number of aliphatic carboxylic acids is 1. The maximum absolute atomic E-state index is 14.2. The molecule has 0 spiro atoms. The first-order chi connectivity index (χ1) is 18.0. The molecule has 1 amide bonds. The third-order valence-corrected chi connectivity index (χ3v) is 7.17. The molecule has 0 saturated heterocycles. The Hall–Kier alpha value is -3.56. The van der Waals surface area contributed by atoms with Gasteiger partial charge in [0.2, 0.25) is 5.91 Å². The molecule has 1 aliphatic carbocycles. The van der Waals surface area contributed by atoms with Crippen LogP contribution in [0.3, 0.4) is 0 Å². The number of ether oxygens (including phenoxy) is 1. The highest BCUT2D eigenvalue weighted by atomic mass is 19.4. The standard InChI is InChI=1S/C28H30F4N2O4/c1-3-23(27(36)37)34-24-11-7-18(29)15-21(24)22-16-19(8-12-25(22)34)33(26(35)4-2)13-14-38-20-9-5-17(6-10-20)28(30,31)32/h5-7,9-11,15,19,23H,3-4,8,12-14,16H2,1-2H3,(H,36,37). The predicted molar refractivity (Wildman–Crippen MR) is 134 cm³/mol. The summed E-state index contributed by atoms with van der Waals surface area (Å²) < 4.78 is 60.1. The number of nitrogens with zero attached hydrogens (tertiary/aromatic N) is 2. The lowest BCUT2D eigenvalue weighted by molar-refractivity contribution is -0.141. The molecule has 0 saturated carbocycles. The van der Waals surface area contributed by atoms with Crippen molar-refractivity contribution in [3.8, 4) is 5.75 Å². The monoisotopic (exact) mass is 534 g/mol. The number of carboxylic acid groups (broad SMARTS) is 1. The van der Waals surface area contributed by atoms with E-state index >= 15 is 0 Å². The summed E-state index contributed by atoms with van der Waals surface area (Å²) >= 11 is 0. The summed E-state index contributed by atoms with van der Waals surface area (Å²) in [7, 11) is 0. The number of benzene rings is 2. The van der Waals surface area contributed by atoms with E-state index in [1.807, 2.05) is 0 Å². The molecule has 1 heterocycles. The molecule has 0 fully saturated rings. The quantitative estimate of drug-likeness (QED) is 0.342. The van der Waals surface area contributed by atoms with Crippen LogP contribution >= 0.6 is 0 Å². The van der Waals surface area contributed by atoms with Crippen molar-refractivity contribution in [2.75, 3.05) is 13.2 Å². The first-order valence-corrected chi connectivity index (χ1v) is 12.7. The zero-order valence-electron chi connectivity index (χ0n) is 21.2. The van der Waals surface area contributed by atoms with Gasteiger partial charge >= 0.3 is 12.1 Å². The van der Waals surface area contributed by atoms with Crippen LogP contribution in [0.25, 0.3) is 10.9 Å². The largest absolute Gasteiger partial charge is 0.492 e. The Labute approximate surface area is 217 Å². The number of carboxylic acids is 1. The summed E-state index contributed by atoms with van der Waals surface area (Å²) in [5.41, 5.74) is 1.58. The Balaban J connectivity index is 1.56. The summed E-state index contributed by atoms with van der Waals surface area (Å²) in [5.74, 6) is -1.21. The second-order valence-corrected chi connectivity index (χ2v) is 9.43. The molecule has 4 rings (SSSR count). The van der Waals surface area contributed by atoms with Crippen molar-refractivity contribution in [1.82, 2.24) is 9.47 Å². The lowest BCUT2D eigenvalue weighted by Crippen LogP contribution is -2.45. The number of aromatic nitrogens is 1. The van der Waals surface area contributed by atoms with E-state index in [-0.39, 0.29) is 37.3 Å². The molecule has 1 aliphatic rings. The number of fused-ring (bicyclic) bond motifs is 3. The summed E-state index contributed by atoms with van der Waals surface area (Å²) in [4.78, 5) is 26.6. The maximum Gasteiger partial charge on any atom is 0.416 e. The molecule has 0 bridgehead atoms. The van der Waals surface area contributed by atoms with Crippen LogP contribution < -0.4 is 4.74 Å². The Morgan fingerprint density at radius 1 is 1.16 bits per heavy atom. The molecule has 10 heteroatoms. The fourth-order valence-corrected chi connectivity index (χ4v) is 5.35. The van der Waals surface area contributed by atoms with E-state index in [2.05, 4.69) is 0 Å². The van der Waals surface area contributed by atoms with E-state index in [0.29, 0.717) is 36.6 Å². The number of rotatable bonds is 9. The van der Waals surface area contributed by atoms with Gasteiger partial charge < -0.3 is 19.3 Å². The molecule has 3 aromatic rings. The molecular weight excluding hydrogens is 504 g/mol. The van der Waals surface area contributed by atoms with Gasteiger partial charge in [0.25, 0.3) is 0 Å². The fraction of sp³-hybridized carbons (Fsp3) is 0.429. The first-order valence-electron chi connectivity index (χ1n) is 12.7. The summed E-state index contributed by atoms with van der Waals surface area (Å²) in [6.45, 7) is 3.87. The Kier molecular flexibility index (Phi) is 7.99. The van der Waals surface area contributed by atoms with Crippen molar-refractivity contribution in [1.29, 1.82) is 0 Å². The van der Waals surface area contributed by atoms with Gasteiger partial charge in [0.15, 0.2) is 0 Å². The van der Waals surface area contributed by atoms with E-state index < -0.39 is 29.6 Å². The minimum Gasteiger partial charge on any atom is -0.492 e. The molecular formula is C28H30F4N2O4. The number of hydrogen-bond acceptors (Lipinski definition) is 3. The van der Waals surface area contributed by atoms with Gasteiger partial charge in [0, 0.05) is 29.1 Å².